The number of nitrogens with zero attached hydrogens (tertiary/aromatic N) is 2. The highest BCUT2D eigenvalue weighted by molar-refractivity contribution is 6.05. The summed E-state index contributed by atoms with van der Waals surface area (Å²) >= 11 is 0. The van der Waals surface area contributed by atoms with Crippen molar-refractivity contribution < 1.29 is 22.7 Å². The normalized spacial score (nSPS) is 11.0. The Labute approximate surface area is 176 Å². The molecule has 4 rings (SSSR count). The van der Waals surface area contributed by atoms with Crippen LogP contribution < -0.4 is 10.1 Å². The van der Waals surface area contributed by atoms with Crippen LogP contribution in [0, 0.1) is 31.3 Å². The van der Waals surface area contributed by atoms with E-state index in [4.69, 9.17) is 0 Å². The van der Waals surface area contributed by atoms with E-state index in [1.54, 1.807) is 19.1 Å². The molecule has 2 heterocycles. The van der Waals surface area contributed by atoms with E-state index in [2.05, 4.69) is 15.0 Å². The van der Waals surface area contributed by atoms with Crippen molar-refractivity contribution in [2.75, 3.05) is 12.4 Å². The molecule has 5 nitrogen and oxygen atoms in total. The smallest absolute Gasteiger partial charge is 0.258 e. The Bertz CT molecular complexity index is 1330. The van der Waals surface area contributed by atoms with Crippen LogP contribution in [0.4, 0.5) is 18.9 Å². The van der Waals surface area contributed by atoms with Crippen LogP contribution in [0.1, 0.15) is 21.5 Å². The average molecular weight is 425 g/mol. The van der Waals surface area contributed by atoms with Gasteiger partial charge in [-0.2, -0.15) is 4.39 Å². The molecule has 0 aliphatic heterocycles. The van der Waals surface area contributed by atoms with E-state index in [-0.39, 0.29) is 0 Å². The van der Waals surface area contributed by atoms with E-state index in [9.17, 15) is 18.0 Å². The van der Waals surface area contributed by atoms with E-state index in [0.717, 1.165) is 23.9 Å². The molecule has 0 saturated heterocycles. The maximum Gasteiger partial charge on any atom is 0.258 e. The van der Waals surface area contributed by atoms with Crippen molar-refractivity contribution >= 4 is 17.2 Å². The van der Waals surface area contributed by atoms with Crippen molar-refractivity contribution in [1.82, 2.24) is 9.38 Å². The molecule has 31 heavy (non-hydrogen) atoms. The minimum absolute atomic E-state index is 0.388. The lowest BCUT2D eigenvalue weighted by Gasteiger charge is -2.12. The van der Waals surface area contributed by atoms with Gasteiger partial charge in [-0.05, 0) is 43.2 Å². The standard InChI is InChI=1S/C23H18F3N3O2/c1-12-6-7-14(18-11-29-8-4-5-13(2)22(29)27-18)9-17(12)28-23(30)15-10-16(24)20(26)21(31-3)19(15)25/h4-11H,1-3H3,(H,28,30). The number of amides is 1. The Kier molecular flexibility index (Phi) is 5.14. The van der Waals surface area contributed by atoms with Crippen molar-refractivity contribution in [2.45, 2.75) is 13.8 Å². The summed E-state index contributed by atoms with van der Waals surface area (Å²) in [7, 11) is 0.993. The molecule has 2 aromatic carbocycles. The third-order valence-electron chi connectivity index (χ3n) is 5.02. The fourth-order valence-electron chi connectivity index (χ4n) is 3.32. The Hall–Kier alpha value is -3.81. The number of rotatable bonds is 4. The number of anilines is 1. The number of fused-ring (bicyclic) bond motifs is 1. The quantitative estimate of drug-likeness (QED) is 0.452. The number of ether oxygens (including phenoxy) is 1. The summed E-state index contributed by atoms with van der Waals surface area (Å²) in [6, 6.07) is 9.70. The summed E-state index contributed by atoms with van der Waals surface area (Å²) in [6.45, 7) is 3.72. The lowest BCUT2D eigenvalue weighted by Crippen LogP contribution is -2.16. The van der Waals surface area contributed by atoms with Gasteiger partial charge in [0.15, 0.2) is 17.4 Å². The lowest BCUT2D eigenvalue weighted by atomic mass is 10.1. The predicted octanol–water partition coefficient (Wildman–Crippen LogP) is 5.30. The van der Waals surface area contributed by atoms with E-state index in [1.807, 2.05) is 41.9 Å². The van der Waals surface area contributed by atoms with Crippen molar-refractivity contribution in [1.29, 1.82) is 0 Å². The number of aromatic nitrogens is 2. The van der Waals surface area contributed by atoms with Crippen LogP contribution in [0.5, 0.6) is 5.75 Å². The van der Waals surface area contributed by atoms with Crippen LogP contribution >= 0.6 is 0 Å². The molecular formula is C23H18F3N3O2. The first-order chi connectivity index (χ1) is 14.8. The van der Waals surface area contributed by atoms with Crippen molar-refractivity contribution in [2.24, 2.45) is 0 Å². The van der Waals surface area contributed by atoms with Crippen LogP contribution in [0.25, 0.3) is 16.9 Å². The fraction of sp³-hybridized carbons (Fsp3) is 0.130. The van der Waals surface area contributed by atoms with Crippen molar-refractivity contribution in [3.63, 3.8) is 0 Å². The zero-order valence-electron chi connectivity index (χ0n) is 17.0. The van der Waals surface area contributed by atoms with E-state index < -0.39 is 34.7 Å². The third-order valence-corrected chi connectivity index (χ3v) is 5.02. The van der Waals surface area contributed by atoms with Gasteiger partial charge >= 0.3 is 0 Å². The molecule has 0 aliphatic rings. The highest BCUT2D eigenvalue weighted by Gasteiger charge is 2.24. The topological polar surface area (TPSA) is 55.6 Å². The van der Waals surface area contributed by atoms with Crippen LogP contribution in [0.3, 0.4) is 0 Å². The van der Waals surface area contributed by atoms with Gasteiger partial charge < -0.3 is 14.5 Å². The van der Waals surface area contributed by atoms with Gasteiger partial charge in [-0.25, -0.2) is 13.8 Å². The molecule has 1 N–H and O–H groups in total. The average Bonchev–Trinajstić information content (AvgIpc) is 3.18. The largest absolute Gasteiger partial charge is 0.491 e. The lowest BCUT2D eigenvalue weighted by molar-refractivity contribution is 0.102. The molecule has 0 saturated carbocycles. The van der Waals surface area contributed by atoms with Gasteiger partial charge in [-0.15, -0.1) is 0 Å². The number of pyridine rings is 1. The summed E-state index contributed by atoms with van der Waals surface area (Å²) in [5.74, 6) is -6.02. The molecule has 158 valence electrons. The highest BCUT2D eigenvalue weighted by atomic mass is 19.2. The second-order valence-corrected chi connectivity index (χ2v) is 7.10. The minimum atomic E-state index is -1.49. The Morgan fingerprint density at radius 3 is 2.55 bits per heavy atom. The van der Waals surface area contributed by atoms with Gasteiger partial charge in [0.25, 0.3) is 5.91 Å². The van der Waals surface area contributed by atoms with Crippen molar-refractivity contribution in [3.05, 3.63) is 82.9 Å². The second-order valence-electron chi connectivity index (χ2n) is 7.10. The number of hydrogen-bond acceptors (Lipinski definition) is 3. The molecule has 0 unspecified atom stereocenters. The SMILES string of the molecule is COc1c(F)c(F)cc(C(=O)Nc2cc(-c3cn4cccc(C)c4n3)ccc2C)c1F. The van der Waals surface area contributed by atoms with E-state index >= 15 is 0 Å². The van der Waals surface area contributed by atoms with E-state index in [1.165, 1.54) is 0 Å². The van der Waals surface area contributed by atoms with Gasteiger partial charge in [0, 0.05) is 23.6 Å². The van der Waals surface area contributed by atoms with Gasteiger partial charge in [0.2, 0.25) is 5.82 Å². The number of carbonyl (C=O) groups is 1. The molecule has 0 fully saturated rings. The van der Waals surface area contributed by atoms with Gasteiger partial charge in [0.05, 0.1) is 18.4 Å². The number of nitrogens with one attached hydrogen (secondary N) is 1. The molecule has 0 bridgehead atoms. The molecule has 4 aromatic rings. The Morgan fingerprint density at radius 1 is 1.06 bits per heavy atom. The summed E-state index contributed by atoms with van der Waals surface area (Å²) in [4.78, 5) is 17.3. The maximum atomic E-state index is 14.5. The predicted molar refractivity (Wildman–Crippen MR) is 111 cm³/mol. The summed E-state index contributed by atoms with van der Waals surface area (Å²) in [6.07, 6.45) is 3.74. The zero-order chi connectivity index (χ0) is 22.3. The number of aryl methyl sites for hydroxylation is 2. The fourth-order valence-corrected chi connectivity index (χ4v) is 3.32. The number of benzene rings is 2. The number of methoxy groups -OCH3 is 1. The van der Waals surface area contributed by atoms with Crippen molar-refractivity contribution in [3.8, 4) is 17.0 Å². The van der Waals surface area contributed by atoms with Crippen LogP contribution in [-0.2, 0) is 0 Å². The third kappa shape index (κ3) is 3.61. The van der Waals surface area contributed by atoms with Gasteiger partial charge in [0.1, 0.15) is 5.65 Å². The summed E-state index contributed by atoms with van der Waals surface area (Å²) < 4.78 is 48.4. The summed E-state index contributed by atoms with van der Waals surface area (Å²) in [5, 5.41) is 2.56. The number of halogens is 3. The van der Waals surface area contributed by atoms with Gasteiger partial charge in [-0.3, -0.25) is 4.79 Å². The molecule has 0 spiro atoms. The van der Waals surface area contributed by atoms with Crippen LogP contribution in [0.2, 0.25) is 0 Å². The highest BCUT2D eigenvalue weighted by Crippen LogP contribution is 2.29. The van der Waals surface area contributed by atoms with Gasteiger partial charge in [-0.1, -0.05) is 18.2 Å². The molecule has 0 atom stereocenters. The molecule has 8 heteroatoms. The minimum Gasteiger partial charge on any atom is -0.491 e. The van der Waals surface area contributed by atoms with E-state index in [0.29, 0.717) is 23.0 Å². The Balaban J connectivity index is 1.70. The molecule has 0 aliphatic carbocycles. The molecule has 2 aromatic heterocycles. The maximum absolute atomic E-state index is 14.5. The number of imidazole rings is 1. The first-order valence-corrected chi connectivity index (χ1v) is 9.38. The summed E-state index contributed by atoms with van der Waals surface area (Å²) in [5.41, 5.74) is 3.66. The molecular weight excluding hydrogens is 407 g/mol. The number of carbonyl (C=O) groups excluding carboxylic acids is 1. The monoisotopic (exact) mass is 425 g/mol. The van der Waals surface area contributed by atoms with Crippen LogP contribution in [-0.4, -0.2) is 22.4 Å². The Morgan fingerprint density at radius 2 is 1.84 bits per heavy atom. The first kappa shape index (κ1) is 20.5. The first-order valence-electron chi connectivity index (χ1n) is 9.38. The number of hydrogen-bond donors (Lipinski definition) is 1. The molecule has 1 amide bonds. The molecule has 0 radical (unpaired) electrons. The van der Waals surface area contributed by atoms with Crippen LogP contribution in [0.15, 0.2) is 48.8 Å². The zero-order valence-corrected chi connectivity index (χ0v) is 17.0. The second kappa shape index (κ2) is 7.79.